The van der Waals surface area contributed by atoms with E-state index in [0.29, 0.717) is 12.0 Å². The van der Waals surface area contributed by atoms with Crippen molar-refractivity contribution in [3.05, 3.63) is 124 Å². The quantitative estimate of drug-likeness (QED) is 0.427. The summed E-state index contributed by atoms with van der Waals surface area (Å²) >= 11 is 0. The Bertz CT molecular complexity index is 990. The highest BCUT2D eigenvalue weighted by atomic mass is 16.6. The van der Waals surface area contributed by atoms with Gasteiger partial charge in [0.05, 0.1) is 16.8 Å². The molecule has 1 aliphatic heterocycles. The number of hydrogen-bond donors (Lipinski definition) is 1. The van der Waals surface area contributed by atoms with Crippen molar-refractivity contribution < 1.29 is 14.8 Å². The van der Waals surface area contributed by atoms with E-state index in [4.69, 9.17) is 4.74 Å². The summed E-state index contributed by atoms with van der Waals surface area (Å²) < 4.78 is 6.59. The molecule has 0 spiro atoms. The van der Waals surface area contributed by atoms with Gasteiger partial charge in [-0.25, -0.2) is 0 Å². The van der Waals surface area contributed by atoms with Crippen molar-refractivity contribution in [2.75, 3.05) is 0 Å². The van der Waals surface area contributed by atoms with E-state index in [1.165, 1.54) is 12.1 Å². The molecule has 0 saturated heterocycles. The minimum atomic E-state index is -0.806. The topological polar surface area (TPSA) is 72.6 Å². The summed E-state index contributed by atoms with van der Waals surface area (Å²) in [5, 5.41) is 21.6. The SMILES string of the molecule is O=[N+]([O-])c1ccc(C(O)CC2=CCCC(c3ccccc3)(c3ccccc3)O2)cc1. The second-order valence-corrected chi connectivity index (χ2v) is 7.44. The maximum absolute atomic E-state index is 10.9. The number of nitro benzene ring substituents is 1. The monoisotopic (exact) mass is 401 g/mol. The van der Waals surface area contributed by atoms with Crippen molar-refractivity contribution in [2.24, 2.45) is 0 Å². The lowest BCUT2D eigenvalue weighted by Gasteiger charge is -2.39. The molecule has 0 aliphatic carbocycles. The van der Waals surface area contributed by atoms with Crippen LogP contribution in [0.3, 0.4) is 0 Å². The normalized spacial score (nSPS) is 16.2. The number of aliphatic hydroxyl groups is 1. The molecular formula is C25H23NO4. The van der Waals surface area contributed by atoms with Gasteiger partial charge in [-0.2, -0.15) is 0 Å². The number of benzene rings is 3. The highest BCUT2D eigenvalue weighted by molar-refractivity contribution is 5.38. The third-order valence-corrected chi connectivity index (χ3v) is 5.54. The molecule has 0 bridgehead atoms. The molecule has 4 rings (SSSR count). The van der Waals surface area contributed by atoms with Crippen molar-refractivity contribution in [3.63, 3.8) is 0 Å². The summed E-state index contributed by atoms with van der Waals surface area (Å²) in [7, 11) is 0. The van der Waals surface area contributed by atoms with E-state index < -0.39 is 16.6 Å². The van der Waals surface area contributed by atoms with Gasteiger partial charge in [-0.1, -0.05) is 60.7 Å². The summed E-state index contributed by atoms with van der Waals surface area (Å²) in [6.45, 7) is 0. The number of non-ortho nitro benzene ring substituents is 1. The van der Waals surface area contributed by atoms with E-state index in [9.17, 15) is 15.2 Å². The average molecular weight is 401 g/mol. The van der Waals surface area contributed by atoms with Gasteiger partial charge in [0, 0.05) is 18.6 Å². The standard InChI is InChI=1S/C25H23NO4/c27-24(19-13-15-22(16-14-19)26(28)29)18-23-12-7-17-25(30-23,20-8-3-1-4-9-20)21-10-5-2-6-11-21/h1-6,8-16,24,27H,7,17-18H2. The van der Waals surface area contributed by atoms with E-state index in [2.05, 4.69) is 24.3 Å². The Morgan fingerprint density at radius 3 is 2.03 bits per heavy atom. The van der Waals surface area contributed by atoms with Gasteiger partial charge < -0.3 is 9.84 Å². The van der Waals surface area contributed by atoms with Gasteiger partial charge in [-0.05, 0) is 47.7 Å². The zero-order chi connectivity index (χ0) is 21.0. The van der Waals surface area contributed by atoms with Crippen LogP contribution in [0.15, 0.2) is 96.8 Å². The molecule has 1 heterocycles. The predicted molar refractivity (Wildman–Crippen MR) is 115 cm³/mol. The van der Waals surface area contributed by atoms with Crippen molar-refractivity contribution >= 4 is 5.69 Å². The molecule has 0 radical (unpaired) electrons. The molecule has 1 N–H and O–H groups in total. The molecule has 0 fully saturated rings. The number of rotatable bonds is 6. The van der Waals surface area contributed by atoms with E-state index in [0.717, 1.165) is 29.7 Å². The molecule has 30 heavy (non-hydrogen) atoms. The van der Waals surface area contributed by atoms with Crippen LogP contribution in [0, 0.1) is 10.1 Å². The first-order valence-electron chi connectivity index (χ1n) is 10.00. The fourth-order valence-corrected chi connectivity index (χ4v) is 3.99. The van der Waals surface area contributed by atoms with E-state index >= 15 is 0 Å². The summed E-state index contributed by atoms with van der Waals surface area (Å²) in [4.78, 5) is 10.4. The number of nitrogens with zero attached hydrogens (tertiary/aromatic N) is 1. The van der Waals surface area contributed by atoms with Crippen LogP contribution in [0.5, 0.6) is 0 Å². The lowest BCUT2D eigenvalue weighted by atomic mass is 9.80. The molecule has 152 valence electrons. The molecule has 5 heteroatoms. The minimum Gasteiger partial charge on any atom is -0.482 e. The molecule has 0 aromatic heterocycles. The van der Waals surface area contributed by atoms with Gasteiger partial charge in [0.25, 0.3) is 5.69 Å². The third kappa shape index (κ3) is 3.98. The van der Waals surface area contributed by atoms with Gasteiger partial charge in [0.2, 0.25) is 0 Å². The highest BCUT2D eigenvalue weighted by Gasteiger charge is 2.39. The minimum absolute atomic E-state index is 0.00579. The van der Waals surface area contributed by atoms with Gasteiger partial charge in [0.15, 0.2) is 5.60 Å². The van der Waals surface area contributed by atoms with Crippen LogP contribution in [-0.4, -0.2) is 10.0 Å². The zero-order valence-electron chi connectivity index (χ0n) is 16.5. The Morgan fingerprint density at radius 2 is 1.50 bits per heavy atom. The van der Waals surface area contributed by atoms with Gasteiger partial charge in [0.1, 0.15) is 0 Å². The smallest absolute Gasteiger partial charge is 0.269 e. The average Bonchev–Trinajstić information content (AvgIpc) is 2.80. The van der Waals surface area contributed by atoms with E-state index in [-0.39, 0.29) is 5.69 Å². The molecule has 0 saturated carbocycles. The van der Waals surface area contributed by atoms with Crippen LogP contribution in [0.25, 0.3) is 0 Å². The Labute approximate surface area is 175 Å². The third-order valence-electron chi connectivity index (χ3n) is 5.54. The van der Waals surface area contributed by atoms with Gasteiger partial charge >= 0.3 is 0 Å². The first-order chi connectivity index (χ1) is 14.6. The van der Waals surface area contributed by atoms with E-state index in [1.807, 2.05) is 42.5 Å². The molecule has 0 amide bonds. The van der Waals surface area contributed by atoms with Crippen LogP contribution in [0.2, 0.25) is 0 Å². The molecule has 1 unspecified atom stereocenters. The number of aliphatic hydroxyl groups excluding tert-OH is 1. The number of hydrogen-bond acceptors (Lipinski definition) is 4. The molecular weight excluding hydrogens is 378 g/mol. The van der Waals surface area contributed by atoms with Crippen molar-refractivity contribution in [1.29, 1.82) is 0 Å². The second-order valence-electron chi connectivity index (χ2n) is 7.44. The number of nitro groups is 1. The van der Waals surface area contributed by atoms with Gasteiger partial charge in [-0.3, -0.25) is 10.1 Å². The van der Waals surface area contributed by atoms with Crippen LogP contribution in [0.1, 0.15) is 42.1 Å². The summed E-state index contributed by atoms with van der Waals surface area (Å²) in [6.07, 6.45) is 3.15. The van der Waals surface area contributed by atoms with Crippen LogP contribution >= 0.6 is 0 Å². The first-order valence-corrected chi connectivity index (χ1v) is 10.00. The fourth-order valence-electron chi connectivity index (χ4n) is 3.99. The Kier molecular flexibility index (Phi) is 5.63. The highest BCUT2D eigenvalue weighted by Crippen LogP contribution is 2.44. The van der Waals surface area contributed by atoms with Crippen LogP contribution < -0.4 is 0 Å². The zero-order valence-corrected chi connectivity index (χ0v) is 16.5. The summed E-state index contributed by atoms with van der Waals surface area (Å²) in [5.41, 5.74) is 2.17. The van der Waals surface area contributed by atoms with Crippen molar-refractivity contribution in [1.82, 2.24) is 0 Å². The molecule has 3 aromatic rings. The van der Waals surface area contributed by atoms with Crippen molar-refractivity contribution in [3.8, 4) is 0 Å². The first kappa shape index (κ1) is 19.9. The number of ether oxygens (including phenoxy) is 1. The lowest BCUT2D eigenvalue weighted by Crippen LogP contribution is -2.33. The Hall–Kier alpha value is -3.44. The lowest BCUT2D eigenvalue weighted by molar-refractivity contribution is -0.384. The molecule has 3 aromatic carbocycles. The summed E-state index contributed by atoms with van der Waals surface area (Å²) in [6, 6.07) is 26.3. The van der Waals surface area contributed by atoms with Crippen molar-refractivity contribution in [2.45, 2.75) is 31.0 Å². The Morgan fingerprint density at radius 1 is 0.933 bits per heavy atom. The predicted octanol–water partition coefficient (Wildman–Crippen LogP) is 5.66. The van der Waals surface area contributed by atoms with E-state index in [1.54, 1.807) is 12.1 Å². The Balaban J connectivity index is 1.60. The second kappa shape index (κ2) is 8.51. The largest absolute Gasteiger partial charge is 0.482 e. The summed E-state index contributed by atoms with van der Waals surface area (Å²) in [5.74, 6) is 0.722. The van der Waals surface area contributed by atoms with Crippen LogP contribution in [-0.2, 0) is 10.3 Å². The van der Waals surface area contributed by atoms with Gasteiger partial charge in [-0.15, -0.1) is 0 Å². The molecule has 5 nitrogen and oxygen atoms in total. The number of allylic oxidation sites excluding steroid dienone is 1. The molecule has 1 atom stereocenters. The maximum atomic E-state index is 10.9. The maximum Gasteiger partial charge on any atom is 0.269 e. The molecule has 1 aliphatic rings. The van der Waals surface area contributed by atoms with Crippen LogP contribution in [0.4, 0.5) is 5.69 Å². The fraction of sp³-hybridized carbons (Fsp3) is 0.200.